The van der Waals surface area contributed by atoms with Crippen LogP contribution in [-0.2, 0) is 13.1 Å². The average molecular weight is 372 g/mol. The Labute approximate surface area is 161 Å². The smallest absolute Gasteiger partial charge is 0.127 e. The molecule has 146 valence electrons. The van der Waals surface area contributed by atoms with E-state index in [0.29, 0.717) is 13.2 Å². The highest BCUT2D eigenvalue weighted by atomic mass is 19.1. The fourth-order valence-corrected chi connectivity index (χ4v) is 3.69. The maximum Gasteiger partial charge on any atom is 0.127 e. The molecule has 1 saturated heterocycles. The van der Waals surface area contributed by atoms with E-state index in [1.54, 1.807) is 6.07 Å². The van der Waals surface area contributed by atoms with E-state index in [-0.39, 0.29) is 18.5 Å². The number of halogens is 1. The Morgan fingerprint density at radius 2 is 1.85 bits per heavy atom. The van der Waals surface area contributed by atoms with E-state index in [1.807, 2.05) is 31.2 Å². The average Bonchev–Trinajstić information content (AvgIpc) is 2.68. The molecule has 1 atom stereocenters. The van der Waals surface area contributed by atoms with Gasteiger partial charge in [0.25, 0.3) is 0 Å². The van der Waals surface area contributed by atoms with Crippen LogP contribution in [0.3, 0.4) is 0 Å². The van der Waals surface area contributed by atoms with Gasteiger partial charge in [-0.25, -0.2) is 4.39 Å². The molecule has 0 spiro atoms. The van der Waals surface area contributed by atoms with Crippen LogP contribution in [-0.4, -0.2) is 53.8 Å². The monoisotopic (exact) mass is 372 g/mol. The molecule has 0 aromatic heterocycles. The van der Waals surface area contributed by atoms with E-state index < -0.39 is 0 Å². The number of piperazine rings is 1. The highest BCUT2D eigenvalue weighted by Crippen LogP contribution is 2.20. The minimum absolute atomic E-state index is 0.145. The van der Waals surface area contributed by atoms with Crippen molar-refractivity contribution < 1.29 is 14.2 Å². The number of benzene rings is 2. The lowest BCUT2D eigenvalue weighted by Gasteiger charge is -2.41. The Morgan fingerprint density at radius 3 is 2.56 bits per heavy atom. The Kier molecular flexibility index (Phi) is 7.21. The summed E-state index contributed by atoms with van der Waals surface area (Å²) in [6.45, 7) is 6.93. The van der Waals surface area contributed by atoms with Gasteiger partial charge in [0.2, 0.25) is 0 Å². The Bertz CT molecular complexity index is 708. The summed E-state index contributed by atoms with van der Waals surface area (Å²) in [5.74, 6) is 0.746. The van der Waals surface area contributed by atoms with Crippen molar-refractivity contribution in [3.8, 4) is 5.75 Å². The van der Waals surface area contributed by atoms with E-state index in [2.05, 4.69) is 21.9 Å². The second kappa shape index (κ2) is 9.83. The predicted octanol–water partition coefficient (Wildman–Crippen LogP) is 3.29. The van der Waals surface area contributed by atoms with Crippen molar-refractivity contribution in [2.24, 2.45) is 0 Å². The summed E-state index contributed by atoms with van der Waals surface area (Å²) >= 11 is 0. The van der Waals surface area contributed by atoms with Gasteiger partial charge in [-0.05, 0) is 37.1 Å². The van der Waals surface area contributed by atoms with E-state index in [9.17, 15) is 9.50 Å². The molecule has 0 aliphatic carbocycles. The fraction of sp³-hybridized carbons (Fsp3) is 0.455. The first-order valence-electron chi connectivity index (χ1n) is 9.72. The van der Waals surface area contributed by atoms with Gasteiger partial charge in [-0.1, -0.05) is 30.3 Å². The maximum atomic E-state index is 14.0. The van der Waals surface area contributed by atoms with Gasteiger partial charge < -0.3 is 9.84 Å². The van der Waals surface area contributed by atoms with E-state index in [1.165, 1.54) is 11.6 Å². The molecule has 2 aromatic carbocycles. The zero-order valence-corrected chi connectivity index (χ0v) is 16.0. The summed E-state index contributed by atoms with van der Waals surface area (Å²) in [5, 5.41) is 9.50. The van der Waals surface area contributed by atoms with Gasteiger partial charge in [-0.15, -0.1) is 0 Å². The second-order valence-corrected chi connectivity index (χ2v) is 7.04. The third-order valence-corrected chi connectivity index (χ3v) is 5.12. The van der Waals surface area contributed by atoms with Crippen LogP contribution in [0.15, 0.2) is 48.5 Å². The molecule has 1 fully saturated rings. The number of aliphatic hydroxyl groups is 1. The number of ether oxygens (including phenoxy) is 1. The zero-order valence-electron chi connectivity index (χ0n) is 16.0. The molecule has 0 saturated carbocycles. The van der Waals surface area contributed by atoms with Gasteiger partial charge in [0.1, 0.15) is 11.6 Å². The minimum Gasteiger partial charge on any atom is -0.494 e. The lowest BCUT2D eigenvalue weighted by Crippen LogP contribution is -2.52. The van der Waals surface area contributed by atoms with E-state index in [4.69, 9.17) is 4.74 Å². The standard InChI is InChI=1S/C22H29FN2O2/c1-2-27-21-9-7-18(8-10-21)15-25-13-12-24(17-20(25)11-14-26)16-19-5-3-4-6-22(19)23/h3-10,20,26H,2,11-17H2,1H3. The molecular formula is C22H29FN2O2. The van der Waals surface area contributed by atoms with Crippen molar-refractivity contribution in [2.45, 2.75) is 32.5 Å². The van der Waals surface area contributed by atoms with Crippen molar-refractivity contribution in [2.75, 3.05) is 32.8 Å². The van der Waals surface area contributed by atoms with Crippen molar-refractivity contribution in [1.82, 2.24) is 9.80 Å². The molecule has 4 nitrogen and oxygen atoms in total. The molecule has 1 unspecified atom stereocenters. The maximum absolute atomic E-state index is 14.0. The number of aliphatic hydroxyl groups excluding tert-OH is 1. The summed E-state index contributed by atoms with van der Waals surface area (Å²) in [5.41, 5.74) is 1.98. The molecule has 0 bridgehead atoms. The first-order chi connectivity index (χ1) is 13.2. The summed E-state index contributed by atoms with van der Waals surface area (Å²) in [6.07, 6.45) is 0.727. The van der Waals surface area contributed by atoms with E-state index >= 15 is 0 Å². The number of hydrogen-bond acceptors (Lipinski definition) is 4. The largest absolute Gasteiger partial charge is 0.494 e. The van der Waals surface area contributed by atoms with Gasteiger partial charge in [0.15, 0.2) is 0 Å². The van der Waals surface area contributed by atoms with Gasteiger partial charge in [-0.3, -0.25) is 9.80 Å². The molecule has 0 radical (unpaired) electrons. The highest BCUT2D eigenvalue weighted by Gasteiger charge is 2.27. The summed E-state index contributed by atoms with van der Waals surface area (Å²) in [4.78, 5) is 4.71. The summed E-state index contributed by atoms with van der Waals surface area (Å²) in [6, 6.07) is 15.5. The van der Waals surface area contributed by atoms with Gasteiger partial charge in [-0.2, -0.15) is 0 Å². The third kappa shape index (κ3) is 5.51. The topological polar surface area (TPSA) is 35.9 Å². The van der Waals surface area contributed by atoms with Crippen molar-refractivity contribution >= 4 is 0 Å². The van der Waals surface area contributed by atoms with Crippen LogP contribution in [0, 0.1) is 5.82 Å². The molecule has 1 aliphatic rings. The van der Waals surface area contributed by atoms with Crippen LogP contribution in [0.4, 0.5) is 4.39 Å². The molecule has 3 rings (SSSR count). The van der Waals surface area contributed by atoms with Crippen LogP contribution in [0.1, 0.15) is 24.5 Å². The molecule has 2 aromatic rings. The van der Waals surface area contributed by atoms with Crippen molar-refractivity contribution in [3.05, 3.63) is 65.5 Å². The molecule has 27 heavy (non-hydrogen) atoms. The predicted molar refractivity (Wildman–Crippen MR) is 105 cm³/mol. The zero-order chi connectivity index (χ0) is 19.1. The van der Waals surface area contributed by atoms with Gasteiger partial charge in [0.05, 0.1) is 6.61 Å². The van der Waals surface area contributed by atoms with Crippen LogP contribution in [0.5, 0.6) is 5.75 Å². The second-order valence-electron chi connectivity index (χ2n) is 7.04. The number of hydrogen-bond donors (Lipinski definition) is 1. The lowest BCUT2D eigenvalue weighted by molar-refractivity contribution is 0.0495. The van der Waals surface area contributed by atoms with Crippen LogP contribution in [0.2, 0.25) is 0 Å². The Balaban J connectivity index is 1.61. The van der Waals surface area contributed by atoms with Gasteiger partial charge >= 0.3 is 0 Å². The quantitative estimate of drug-likeness (QED) is 0.771. The normalized spacial score (nSPS) is 18.6. The third-order valence-electron chi connectivity index (χ3n) is 5.12. The lowest BCUT2D eigenvalue weighted by atomic mass is 10.1. The van der Waals surface area contributed by atoms with Crippen molar-refractivity contribution in [3.63, 3.8) is 0 Å². The molecule has 5 heteroatoms. The van der Waals surface area contributed by atoms with Gasteiger partial charge in [0, 0.05) is 50.9 Å². The summed E-state index contributed by atoms with van der Waals surface area (Å²) < 4.78 is 19.5. The molecule has 0 amide bonds. The van der Waals surface area contributed by atoms with Crippen LogP contribution >= 0.6 is 0 Å². The Morgan fingerprint density at radius 1 is 1.07 bits per heavy atom. The SMILES string of the molecule is CCOc1ccc(CN2CCN(Cc3ccccc3F)CC2CCO)cc1. The molecule has 1 aliphatic heterocycles. The van der Waals surface area contributed by atoms with E-state index in [0.717, 1.165) is 43.9 Å². The fourth-order valence-electron chi connectivity index (χ4n) is 3.69. The summed E-state index contributed by atoms with van der Waals surface area (Å²) in [7, 11) is 0. The van der Waals surface area contributed by atoms with Crippen LogP contribution in [0.25, 0.3) is 0 Å². The highest BCUT2D eigenvalue weighted by molar-refractivity contribution is 5.27. The first-order valence-corrected chi connectivity index (χ1v) is 9.72. The first kappa shape index (κ1) is 19.8. The van der Waals surface area contributed by atoms with Crippen LogP contribution < -0.4 is 4.74 Å². The Hall–Kier alpha value is -1.95. The number of nitrogens with zero attached hydrogens (tertiary/aromatic N) is 2. The molecule has 1 N–H and O–H groups in total. The number of rotatable bonds is 8. The van der Waals surface area contributed by atoms with Crippen molar-refractivity contribution in [1.29, 1.82) is 0 Å². The molecule has 1 heterocycles. The molecular weight excluding hydrogens is 343 g/mol. The minimum atomic E-state index is -0.145.